The first-order valence-electron chi connectivity index (χ1n) is 5.49. The van der Waals surface area contributed by atoms with Crippen LogP contribution in [-0.4, -0.2) is 33.6 Å². The van der Waals surface area contributed by atoms with Crippen LogP contribution in [0.4, 0.5) is 5.82 Å². The minimum atomic E-state index is -0.209. The smallest absolute Gasteiger partial charge is 0.290 e. The van der Waals surface area contributed by atoms with Crippen LogP contribution in [0.3, 0.4) is 0 Å². The summed E-state index contributed by atoms with van der Waals surface area (Å²) in [5, 5.41) is 11.4. The topological polar surface area (TPSA) is 108 Å². The van der Waals surface area contributed by atoms with Gasteiger partial charge in [-0.3, -0.25) is 4.79 Å². The van der Waals surface area contributed by atoms with E-state index in [2.05, 4.69) is 15.1 Å². The molecule has 7 heteroatoms. The van der Waals surface area contributed by atoms with E-state index in [-0.39, 0.29) is 11.4 Å². The summed E-state index contributed by atoms with van der Waals surface area (Å²) in [5.41, 5.74) is 5.22. The van der Waals surface area contributed by atoms with E-state index in [1.165, 1.54) is 6.20 Å². The first-order valence-corrected chi connectivity index (χ1v) is 5.49. The van der Waals surface area contributed by atoms with Gasteiger partial charge >= 0.3 is 0 Å². The molecular formula is C10H15N5O2. The summed E-state index contributed by atoms with van der Waals surface area (Å²) in [6, 6.07) is 0.345. The number of rotatable bonds is 5. The first-order chi connectivity index (χ1) is 8.22. The molecule has 1 aromatic rings. The second-order valence-electron chi connectivity index (χ2n) is 4.01. The average molecular weight is 237 g/mol. The number of anilines is 1. The Hall–Kier alpha value is -2.05. The average Bonchev–Trinajstić information content (AvgIpc) is 3.15. The van der Waals surface area contributed by atoms with E-state index >= 15 is 0 Å². The van der Waals surface area contributed by atoms with E-state index in [0.717, 1.165) is 12.8 Å². The Kier molecular flexibility index (Phi) is 3.27. The Balaban J connectivity index is 2.13. The van der Waals surface area contributed by atoms with Gasteiger partial charge in [0.05, 0.1) is 0 Å². The van der Waals surface area contributed by atoms with Crippen LogP contribution in [0.2, 0.25) is 0 Å². The predicted molar refractivity (Wildman–Crippen MR) is 63.3 cm³/mol. The first kappa shape index (κ1) is 11.4. The third-order valence-electron chi connectivity index (χ3n) is 2.69. The SMILES string of the molecule is N/C(CCN(c1ncc[nH]c1=O)C1CC1)=N/O. The number of nitrogens with zero attached hydrogens (tertiary/aromatic N) is 3. The predicted octanol–water partition coefficient (Wildman–Crippen LogP) is -0.125. The molecule has 0 saturated heterocycles. The lowest BCUT2D eigenvalue weighted by atomic mass is 10.3. The summed E-state index contributed by atoms with van der Waals surface area (Å²) in [5.74, 6) is 0.559. The Labute approximate surface area is 98.0 Å². The van der Waals surface area contributed by atoms with Gasteiger partial charge in [-0.1, -0.05) is 5.16 Å². The van der Waals surface area contributed by atoms with Gasteiger partial charge in [-0.05, 0) is 12.8 Å². The van der Waals surface area contributed by atoms with Gasteiger partial charge in [-0.2, -0.15) is 0 Å². The van der Waals surface area contributed by atoms with Gasteiger partial charge in [0.2, 0.25) is 0 Å². The molecule has 0 aliphatic heterocycles. The number of H-pyrrole nitrogens is 1. The zero-order chi connectivity index (χ0) is 12.3. The highest BCUT2D eigenvalue weighted by atomic mass is 16.4. The van der Waals surface area contributed by atoms with Gasteiger partial charge in [0.15, 0.2) is 5.82 Å². The highest BCUT2D eigenvalue weighted by Gasteiger charge is 2.31. The zero-order valence-corrected chi connectivity index (χ0v) is 9.33. The molecule has 1 aromatic heterocycles. The van der Waals surface area contributed by atoms with E-state index in [0.29, 0.717) is 24.8 Å². The van der Waals surface area contributed by atoms with Crippen molar-refractivity contribution >= 4 is 11.7 Å². The van der Waals surface area contributed by atoms with E-state index in [1.807, 2.05) is 4.90 Å². The Bertz CT molecular complexity index is 466. The molecule has 0 unspecified atom stereocenters. The molecule has 17 heavy (non-hydrogen) atoms. The fourth-order valence-electron chi connectivity index (χ4n) is 1.68. The third kappa shape index (κ3) is 2.74. The van der Waals surface area contributed by atoms with Crippen molar-refractivity contribution in [3.05, 3.63) is 22.7 Å². The quantitative estimate of drug-likeness (QED) is 0.286. The lowest BCUT2D eigenvalue weighted by Gasteiger charge is -2.21. The molecule has 0 bridgehead atoms. The fraction of sp³-hybridized carbons (Fsp3) is 0.500. The normalized spacial score (nSPS) is 15.9. The van der Waals surface area contributed by atoms with Gasteiger partial charge in [0, 0.05) is 31.4 Å². The van der Waals surface area contributed by atoms with Gasteiger partial charge in [-0.25, -0.2) is 4.98 Å². The number of hydrogen-bond acceptors (Lipinski definition) is 5. The van der Waals surface area contributed by atoms with Crippen LogP contribution in [0.25, 0.3) is 0 Å². The van der Waals surface area contributed by atoms with Crippen molar-refractivity contribution in [2.24, 2.45) is 10.9 Å². The number of nitrogens with two attached hydrogens (primary N) is 1. The van der Waals surface area contributed by atoms with Gasteiger partial charge in [-0.15, -0.1) is 0 Å². The van der Waals surface area contributed by atoms with Crippen molar-refractivity contribution in [1.29, 1.82) is 0 Å². The van der Waals surface area contributed by atoms with Crippen LogP contribution in [0.15, 0.2) is 22.3 Å². The Morgan fingerprint density at radius 3 is 3.06 bits per heavy atom. The minimum absolute atomic E-state index is 0.156. The number of oxime groups is 1. The third-order valence-corrected chi connectivity index (χ3v) is 2.69. The van der Waals surface area contributed by atoms with Crippen LogP contribution < -0.4 is 16.2 Å². The molecule has 1 heterocycles. The molecule has 0 aromatic carbocycles. The maximum Gasteiger partial charge on any atom is 0.290 e. The molecule has 0 atom stereocenters. The van der Waals surface area contributed by atoms with E-state index < -0.39 is 0 Å². The molecule has 1 saturated carbocycles. The lowest BCUT2D eigenvalue weighted by molar-refractivity contribution is 0.317. The van der Waals surface area contributed by atoms with Crippen LogP contribution in [0.1, 0.15) is 19.3 Å². The van der Waals surface area contributed by atoms with E-state index in [9.17, 15) is 4.79 Å². The van der Waals surface area contributed by atoms with Gasteiger partial charge < -0.3 is 20.8 Å². The van der Waals surface area contributed by atoms with Gasteiger partial charge in [0.1, 0.15) is 5.84 Å². The van der Waals surface area contributed by atoms with Crippen LogP contribution >= 0.6 is 0 Å². The summed E-state index contributed by atoms with van der Waals surface area (Å²) in [7, 11) is 0. The molecule has 1 aliphatic rings. The maximum atomic E-state index is 11.6. The summed E-state index contributed by atoms with van der Waals surface area (Å²) in [6.45, 7) is 0.528. The molecule has 0 amide bonds. The van der Waals surface area contributed by atoms with Crippen molar-refractivity contribution in [1.82, 2.24) is 9.97 Å². The minimum Gasteiger partial charge on any atom is -0.409 e. The lowest BCUT2D eigenvalue weighted by Crippen LogP contribution is -2.35. The Morgan fingerprint density at radius 2 is 2.47 bits per heavy atom. The van der Waals surface area contributed by atoms with E-state index in [1.54, 1.807) is 6.20 Å². The molecule has 92 valence electrons. The van der Waals surface area contributed by atoms with Crippen LogP contribution in [-0.2, 0) is 0 Å². The van der Waals surface area contributed by atoms with Crippen molar-refractivity contribution in [2.75, 3.05) is 11.4 Å². The van der Waals surface area contributed by atoms with Crippen molar-refractivity contribution in [3.63, 3.8) is 0 Å². The molecule has 7 nitrogen and oxygen atoms in total. The van der Waals surface area contributed by atoms with Crippen LogP contribution in [0.5, 0.6) is 0 Å². The zero-order valence-electron chi connectivity index (χ0n) is 9.33. The summed E-state index contributed by atoms with van der Waals surface area (Å²) < 4.78 is 0. The molecule has 0 radical (unpaired) electrons. The standard InChI is InChI=1S/C10H15N5O2/c11-8(14-17)3-6-15(7-1-2-7)9-10(16)13-5-4-12-9/h4-5,7,17H,1-3,6H2,(H2,11,14)(H,13,16). The number of aromatic nitrogens is 2. The molecule has 0 spiro atoms. The number of aromatic amines is 1. The summed E-state index contributed by atoms with van der Waals surface area (Å²) >= 11 is 0. The molecular weight excluding hydrogens is 222 g/mol. The highest BCUT2D eigenvalue weighted by molar-refractivity contribution is 5.80. The summed E-state index contributed by atoms with van der Waals surface area (Å²) in [6.07, 6.45) is 5.55. The monoisotopic (exact) mass is 237 g/mol. The largest absolute Gasteiger partial charge is 0.409 e. The van der Waals surface area contributed by atoms with Crippen molar-refractivity contribution in [3.8, 4) is 0 Å². The molecule has 1 aliphatic carbocycles. The Morgan fingerprint density at radius 1 is 1.71 bits per heavy atom. The molecule has 4 N–H and O–H groups in total. The summed E-state index contributed by atoms with van der Waals surface area (Å²) in [4.78, 5) is 20.2. The van der Waals surface area contributed by atoms with E-state index in [4.69, 9.17) is 10.9 Å². The number of hydrogen-bond donors (Lipinski definition) is 3. The second kappa shape index (κ2) is 4.86. The molecule has 2 rings (SSSR count). The second-order valence-corrected chi connectivity index (χ2v) is 4.01. The van der Waals surface area contributed by atoms with Crippen molar-refractivity contribution < 1.29 is 5.21 Å². The van der Waals surface area contributed by atoms with Crippen molar-refractivity contribution in [2.45, 2.75) is 25.3 Å². The maximum absolute atomic E-state index is 11.6. The fourth-order valence-corrected chi connectivity index (χ4v) is 1.68. The number of nitrogens with one attached hydrogen (secondary N) is 1. The number of amidine groups is 1. The highest BCUT2D eigenvalue weighted by Crippen LogP contribution is 2.28. The van der Waals surface area contributed by atoms with Gasteiger partial charge in [0.25, 0.3) is 5.56 Å². The van der Waals surface area contributed by atoms with Crippen LogP contribution in [0, 0.1) is 0 Å². The molecule has 1 fully saturated rings.